The van der Waals surface area contributed by atoms with Gasteiger partial charge in [0.25, 0.3) is 0 Å². The van der Waals surface area contributed by atoms with Crippen LogP contribution in [-0.4, -0.2) is 58.0 Å². The van der Waals surface area contributed by atoms with Crippen molar-refractivity contribution in [1.29, 1.82) is 0 Å². The van der Waals surface area contributed by atoms with Gasteiger partial charge in [0.15, 0.2) is 9.84 Å². The minimum Gasteiger partial charge on any atom is -0.480 e. The Morgan fingerprint density at radius 2 is 2.35 bits per heavy atom. The molecule has 2 rings (SSSR count). The third-order valence-corrected chi connectivity index (χ3v) is 5.32. The van der Waals surface area contributed by atoms with E-state index < -0.39 is 15.8 Å². The first kappa shape index (κ1) is 15.0. The van der Waals surface area contributed by atoms with Crippen LogP contribution in [0.15, 0.2) is 12.5 Å². The van der Waals surface area contributed by atoms with E-state index in [2.05, 4.69) is 4.98 Å². The summed E-state index contributed by atoms with van der Waals surface area (Å²) in [6.45, 7) is 2.97. The molecule has 1 saturated heterocycles. The van der Waals surface area contributed by atoms with Crippen molar-refractivity contribution in [2.45, 2.75) is 32.5 Å². The predicted octanol–water partition coefficient (Wildman–Crippen LogP) is -0.0233. The summed E-state index contributed by atoms with van der Waals surface area (Å²) in [7, 11) is -3.03. The molecular weight excluding hydrogens is 282 g/mol. The minimum atomic E-state index is -3.03. The molecule has 7 nitrogen and oxygen atoms in total. The van der Waals surface area contributed by atoms with E-state index in [-0.39, 0.29) is 24.1 Å². The van der Waals surface area contributed by atoms with E-state index in [9.17, 15) is 13.2 Å². The number of hydrogen-bond donors (Lipinski definition) is 1. The number of carboxylic acids is 1. The number of sulfone groups is 1. The van der Waals surface area contributed by atoms with E-state index in [4.69, 9.17) is 5.11 Å². The second-order valence-electron chi connectivity index (χ2n) is 5.03. The van der Waals surface area contributed by atoms with Crippen LogP contribution >= 0.6 is 0 Å². The summed E-state index contributed by atoms with van der Waals surface area (Å²) in [5.74, 6) is -0.765. The highest BCUT2D eigenvalue weighted by Gasteiger charge is 2.33. The summed E-state index contributed by atoms with van der Waals surface area (Å²) in [5.41, 5.74) is 0.901. The zero-order chi connectivity index (χ0) is 14.8. The van der Waals surface area contributed by atoms with Crippen LogP contribution in [0.1, 0.15) is 19.0 Å². The molecule has 1 unspecified atom stereocenters. The van der Waals surface area contributed by atoms with Crippen molar-refractivity contribution < 1.29 is 18.3 Å². The first-order chi connectivity index (χ1) is 9.41. The third-order valence-electron chi connectivity index (χ3n) is 3.57. The summed E-state index contributed by atoms with van der Waals surface area (Å²) in [5, 5.41) is 9.02. The normalized spacial score (nSPS) is 21.4. The summed E-state index contributed by atoms with van der Waals surface area (Å²) in [4.78, 5) is 16.8. The molecule has 0 radical (unpaired) electrons. The van der Waals surface area contributed by atoms with Gasteiger partial charge in [0.1, 0.15) is 0 Å². The van der Waals surface area contributed by atoms with E-state index in [0.29, 0.717) is 13.0 Å². The molecule has 1 atom stereocenters. The largest absolute Gasteiger partial charge is 0.480 e. The SMILES string of the molecule is CCn1cncc1CN(CC(=O)O)C1CCS(=O)(=O)C1. The molecule has 2 heterocycles. The van der Waals surface area contributed by atoms with Crippen molar-refractivity contribution >= 4 is 15.8 Å². The van der Waals surface area contributed by atoms with Crippen molar-refractivity contribution in [3.63, 3.8) is 0 Å². The second-order valence-corrected chi connectivity index (χ2v) is 7.26. The van der Waals surface area contributed by atoms with E-state index >= 15 is 0 Å². The van der Waals surface area contributed by atoms with Gasteiger partial charge in [-0.2, -0.15) is 0 Å². The molecule has 1 aromatic rings. The van der Waals surface area contributed by atoms with Gasteiger partial charge in [0, 0.05) is 25.3 Å². The van der Waals surface area contributed by atoms with Gasteiger partial charge < -0.3 is 9.67 Å². The van der Waals surface area contributed by atoms with Crippen LogP contribution in [0.3, 0.4) is 0 Å². The minimum absolute atomic E-state index is 0.0422. The number of aromatic nitrogens is 2. The first-order valence-electron chi connectivity index (χ1n) is 6.56. The molecule has 0 aliphatic carbocycles. The standard InChI is InChI=1S/C12H19N3O4S/c1-2-14-9-13-5-11(14)6-15(7-12(16)17)10-3-4-20(18,19)8-10/h5,9-10H,2-4,6-8H2,1H3,(H,16,17). The van der Waals surface area contributed by atoms with Gasteiger partial charge in [-0.1, -0.05) is 0 Å². The molecule has 1 N–H and O–H groups in total. The maximum Gasteiger partial charge on any atom is 0.317 e. The number of hydrogen-bond acceptors (Lipinski definition) is 5. The fraction of sp³-hybridized carbons (Fsp3) is 0.667. The Balaban J connectivity index is 2.14. The topological polar surface area (TPSA) is 92.5 Å². The fourth-order valence-electron chi connectivity index (χ4n) is 2.52. The van der Waals surface area contributed by atoms with E-state index in [1.54, 1.807) is 17.4 Å². The lowest BCUT2D eigenvalue weighted by molar-refractivity contribution is -0.139. The zero-order valence-corrected chi connectivity index (χ0v) is 12.2. The van der Waals surface area contributed by atoms with Crippen molar-refractivity contribution in [1.82, 2.24) is 14.5 Å². The summed E-state index contributed by atoms with van der Waals surface area (Å²) in [6.07, 6.45) is 3.89. The Hall–Kier alpha value is -1.41. The third kappa shape index (κ3) is 3.57. The highest BCUT2D eigenvalue weighted by Crippen LogP contribution is 2.19. The van der Waals surface area contributed by atoms with E-state index in [0.717, 1.165) is 12.2 Å². The Kier molecular flexibility index (Phi) is 4.44. The average molecular weight is 301 g/mol. The molecule has 8 heteroatoms. The Bertz CT molecular complexity index is 581. The van der Waals surface area contributed by atoms with Gasteiger partial charge in [-0.3, -0.25) is 9.69 Å². The summed E-state index contributed by atoms with van der Waals surface area (Å²) >= 11 is 0. The second kappa shape index (κ2) is 5.92. The molecule has 112 valence electrons. The smallest absolute Gasteiger partial charge is 0.317 e. The molecule has 0 bridgehead atoms. The Morgan fingerprint density at radius 1 is 1.60 bits per heavy atom. The van der Waals surface area contributed by atoms with Crippen LogP contribution < -0.4 is 0 Å². The lowest BCUT2D eigenvalue weighted by Gasteiger charge is -2.26. The molecular formula is C12H19N3O4S. The highest BCUT2D eigenvalue weighted by atomic mass is 32.2. The van der Waals surface area contributed by atoms with Gasteiger partial charge in [-0.15, -0.1) is 0 Å². The van der Waals surface area contributed by atoms with Gasteiger partial charge in [-0.25, -0.2) is 13.4 Å². The summed E-state index contributed by atoms with van der Waals surface area (Å²) in [6, 6.07) is -0.226. The first-order valence-corrected chi connectivity index (χ1v) is 8.38. The Morgan fingerprint density at radius 3 is 2.90 bits per heavy atom. The predicted molar refractivity (Wildman–Crippen MR) is 73.0 cm³/mol. The molecule has 0 amide bonds. The number of imidazole rings is 1. The van der Waals surface area contributed by atoms with Gasteiger partial charge in [0.2, 0.25) is 0 Å². The lowest BCUT2D eigenvalue weighted by atomic mass is 10.2. The molecule has 0 saturated carbocycles. The van der Waals surface area contributed by atoms with Crippen molar-refractivity contribution in [3.05, 3.63) is 18.2 Å². The molecule has 0 spiro atoms. The van der Waals surface area contributed by atoms with Gasteiger partial charge >= 0.3 is 5.97 Å². The maximum atomic E-state index is 11.6. The molecule has 1 aromatic heterocycles. The van der Waals surface area contributed by atoms with Crippen LogP contribution in [0, 0.1) is 0 Å². The van der Waals surface area contributed by atoms with Crippen LogP contribution in [0.5, 0.6) is 0 Å². The number of carbonyl (C=O) groups is 1. The molecule has 1 fully saturated rings. The van der Waals surface area contributed by atoms with Crippen LogP contribution in [0.25, 0.3) is 0 Å². The van der Waals surface area contributed by atoms with Crippen molar-refractivity contribution in [2.75, 3.05) is 18.1 Å². The number of aryl methyl sites for hydroxylation is 1. The van der Waals surface area contributed by atoms with E-state index in [1.807, 2.05) is 11.5 Å². The monoisotopic (exact) mass is 301 g/mol. The summed E-state index contributed by atoms with van der Waals surface area (Å²) < 4.78 is 25.1. The quantitative estimate of drug-likeness (QED) is 0.793. The maximum absolute atomic E-state index is 11.6. The molecule has 0 aromatic carbocycles. The fourth-order valence-corrected chi connectivity index (χ4v) is 4.29. The van der Waals surface area contributed by atoms with Gasteiger partial charge in [0.05, 0.1) is 30.1 Å². The van der Waals surface area contributed by atoms with Gasteiger partial charge in [-0.05, 0) is 13.3 Å². The van der Waals surface area contributed by atoms with Crippen molar-refractivity contribution in [3.8, 4) is 0 Å². The van der Waals surface area contributed by atoms with Crippen LogP contribution in [0.2, 0.25) is 0 Å². The molecule has 20 heavy (non-hydrogen) atoms. The van der Waals surface area contributed by atoms with E-state index in [1.165, 1.54) is 0 Å². The molecule has 1 aliphatic rings. The number of aliphatic carboxylic acids is 1. The van der Waals surface area contributed by atoms with Crippen LogP contribution in [0.4, 0.5) is 0 Å². The number of rotatable bonds is 6. The molecule has 1 aliphatic heterocycles. The Labute approximate surface area is 118 Å². The van der Waals surface area contributed by atoms with Crippen molar-refractivity contribution in [2.24, 2.45) is 0 Å². The number of carboxylic acid groups (broad SMARTS) is 1. The highest BCUT2D eigenvalue weighted by molar-refractivity contribution is 7.91. The average Bonchev–Trinajstić information content (AvgIpc) is 2.93. The van der Waals surface area contributed by atoms with Crippen LogP contribution in [-0.2, 0) is 27.7 Å². The zero-order valence-electron chi connectivity index (χ0n) is 11.4. The number of nitrogens with zero attached hydrogens (tertiary/aromatic N) is 3. The lowest BCUT2D eigenvalue weighted by Crippen LogP contribution is -2.39.